The Hall–Kier alpha value is -1.64. The van der Waals surface area contributed by atoms with E-state index in [1.807, 2.05) is 18.2 Å². The van der Waals surface area contributed by atoms with Crippen molar-refractivity contribution >= 4 is 12.1 Å². The number of nitrogens with one attached hydrogen (secondary N) is 1. The maximum atomic E-state index is 11.4. The highest BCUT2D eigenvalue weighted by Crippen LogP contribution is 2.28. The van der Waals surface area contributed by atoms with Crippen molar-refractivity contribution in [2.45, 2.75) is 32.1 Å². The summed E-state index contributed by atoms with van der Waals surface area (Å²) >= 11 is 0. The van der Waals surface area contributed by atoms with E-state index in [9.17, 15) is 4.79 Å². The van der Waals surface area contributed by atoms with Gasteiger partial charge in [0.05, 0.1) is 0 Å². The molecular weight excluding hydrogens is 212 g/mol. The lowest BCUT2D eigenvalue weighted by Gasteiger charge is -2.19. The standard InChI is InChI=1S/C14H18N2O/c1-14(2,12-6-4-3-5-7-12)10-15-16-13(17)11-8-9-11/h3-7,10-11H,8-9H2,1-2H3,(H,16,17)/b15-10+. The van der Waals surface area contributed by atoms with Crippen LogP contribution in [-0.4, -0.2) is 12.1 Å². The van der Waals surface area contributed by atoms with E-state index in [2.05, 4.69) is 36.5 Å². The topological polar surface area (TPSA) is 41.5 Å². The van der Waals surface area contributed by atoms with Gasteiger partial charge in [0.15, 0.2) is 0 Å². The second-order valence-electron chi connectivity index (χ2n) is 5.10. The van der Waals surface area contributed by atoms with Gasteiger partial charge in [-0.1, -0.05) is 44.2 Å². The number of carbonyl (C=O) groups is 1. The van der Waals surface area contributed by atoms with Crippen molar-refractivity contribution < 1.29 is 4.79 Å². The molecule has 0 saturated heterocycles. The second kappa shape index (κ2) is 4.70. The van der Waals surface area contributed by atoms with Crippen LogP contribution in [0.15, 0.2) is 35.4 Å². The van der Waals surface area contributed by atoms with Crippen molar-refractivity contribution in [3.8, 4) is 0 Å². The average Bonchev–Trinajstić information content (AvgIpc) is 3.14. The maximum absolute atomic E-state index is 11.4. The van der Waals surface area contributed by atoms with E-state index in [0.29, 0.717) is 0 Å². The first-order valence-electron chi connectivity index (χ1n) is 5.99. The summed E-state index contributed by atoms with van der Waals surface area (Å²) in [4.78, 5) is 11.4. The molecule has 0 aliphatic heterocycles. The van der Waals surface area contributed by atoms with Crippen molar-refractivity contribution in [2.24, 2.45) is 11.0 Å². The fraction of sp³-hybridized carbons (Fsp3) is 0.429. The van der Waals surface area contributed by atoms with Gasteiger partial charge in [0.25, 0.3) is 0 Å². The number of hydrogen-bond donors (Lipinski definition) is 1. The Balaban J connectivity index is 1.96. The Bertz CT molecular complexity index is 419. The zero-order valence-electron chi connectivity index (χ0n) is 10.3. The second-order valence-corrected chi connectivity index (χ2v) is 5.10. The van der Waals surface area contributed by atoms with Crippen LogP contribution in [0.5, 0.6) is 0 Å². The Labute approximate surface area is 102 Å². The third-order valence-corrected chi connectivity index (χ3v) is 3.03. The molecule has 90 valence electrons. The van der Waals surface area contributed by atoms with Gasteiger partial charge in [-0.25, -0.2) is 5.43 Å². The zero-order chi connectivity index (χ0) is 12.3. The van der Waals surface area contributed by atoms with Crippen molar-refractivity contribution in [3.05, 3.63) is 35.9 Å². The molecule has 0 spiro atoms. The summed E-state index contributed by atoms with van der Waals surface area (Å²) in [7, 11) is 0. The third-order valence-electron chi connectivity index (χ3n) is 3.03. The first kappa shape index (κ1) is 11.8. The smallest absolute Gasteiger partial charge is 0.243 e. The van der Waals surface area contributed by atoms with Crippen LogP contribution in [0.1, 0.15) is 32.3 Å². The third kappa shape index (κ3) is 3.16. The minimum absolute atomic E-state index is 0.0464. The fourth-order valence-corrected chi connectivity index (χ4v) is 1.64. The number of rotatable bonds is 4. The van der Waals surface area contributed by atoms with Gasteiger partial charge >= 0.3 is 0 Å². The number of nitrogens with zero attached hydrogens (tertiary/aromatic N) is 1. The molecule has 1 saturated carbocycles. The predicted octanol–water partition coefficient (Wildman–Crippen LogP) is 2.48. The fourth-order valence-electron chi connectivity index (χ4n) is 1.64. The SMILES string of the molecule is CC(C)(/C=N/NC(=O)C1CC1)c1ccccc1. The first-order valence-corrected chi connectivity index (χ1v) is 5.99. The molecule has 0 atom stereocenters. The number of benzene rings is 1. The highest BCUT2D eigenvalue weighted by Gasteiger charge is 2.29. The van der Waals surface area contributed by atoms with Crippen LogP contribution in [0.25, 0.3) is 0 Å². The first-order chi connectivity index (χ1) is 8.09. The predicted molar refractivity (Wildman–Crippen MR) is 68.8 cm³/mol. The lowest BCUT2D eigenvalue weighted by Crippen LogP contribution is -2.24. The molecule has 1 aliphatic carbocycles. The van der Waals surface area contributed by atoms with E-state index < -0.39 is 0 Å². The van der Waals surface area contributed by atoms with E-state index >= 15 is 0 Å². The summed E-state index contributed by atoms with van der Waals surface area (Å²) in [5.41, 5.74) is 3.62. The quantitative estimate of drug-likeness (QED) is 0.626. The Kier molecular flexibility index (Phi) is 3.27. The molecule has 0 unspecified atom stereocenters. The van der Waals surface area contributed by atoms with Gasteiger partial charge in [0.1, 0.15) is 0 Å². The van der Waals surface area contributed by atoms with Crippen LogP contribution >= 0.6 is 0 Å². The van der Waals surface area contributed by atoms with Crippen LogP contribution in [0.3, 0.4) is 0 Å². The number of carbonyl (C=O) groups excluding carboxylic acids is 1. The van der Waals surface area contributed by atoms with E-state index in [-0.39, 0.29) is 17.2 Å². The molecule has 1 fully saturated rings. The molecule has 17 heavy (non-hydrogen) atoms. The summed E-state index contributed by atoms with van der Waals surface area (Å²) in [5.74, 6) is 0.247. The molecule has 0 bridgehead atoms. The summed E-state index contributed by atoms with van der Waals surface area (Å²) in [6.45, 7) is 4.16. The zero-order valence-corrected chi connectivity index (χ0v) is 10.3. The van der Waals surface area contributed by atoms with Gasteiger partial charge in [-0.05, 0) is 18.4 Å². The maximum Gasteiger partial charge on any atom is 0.243 e. The van der Waals surface area contributed by atoms with Gasteiger partial charge in [-0.15, -0.1) is 0 Å². The molecule has 1 aromatic carbocycles. The summed E-state index contributed by atoms with van der Waals surface area (Å²) in [5, 5.41) is 4.06. The van der Waals surface area contributed by atoms with E-state index in [1.54, 1.807) is 6.21 Å². The molecule has 0 radical (unpaired) electrons. The molecule has 1 N–H and O–H groups in total. The molecule has 1 amide bonds. The minimum atomic E-state index is -0.169. The van der Waals surface area contributed by atoms with Crippen LogP contribution in [0.4, 0.5) is 0 Å². The highest BCUT2D eigenvalue weighted by molar-refractivity contribution is 5.82. The van der Waals surface area contributed by atoms with Crippen molar-refractivity contribution in [1.82, 2.24) is 5.43 Å². The molecule has 3 nitrogen and oxygen atoms in total. The number of hydrogen-bond acceptors (Lipinski definition) is 2. The van der Waals surface area contributed by atoms with Gasteiger partial charge in [-0.2, -0.15) is 5.10 Å². The molecule has 2 rings (SSSR count). The van der Waals surface area contributed by atoms with Gasteiger partial charge < -0.3 is 0 Å². The molecular formula is C14H18N2O. The molecule has 1 aromatic rings. The monoisotopic (exact) mass is 230 g/mol. The van der Waals surface area contributed by atoms with E-state index in [4.69, 9.17) is 0 Å². The van der Waals surface area contributed by atoms with Crippen LogP contribution in [0, 0.1) is 5.92 Å². The van der Waals surface area contributed by atoms with Crippen molar-refractivity contribution in [2.75, 3.05) is 0 Å². The number of hydrazone groups is 1. The molecule has 0 aromatic heterocycles. The van der Waals surface area contributed by atoms with Gasteiger partial charge in [0, 0.05) is 17.5 Å². The van der Waals surface area contributed by atoms with E-state index in [0.717, 1.165) is 12.8 Å². The van der Waals surface area contributed by atoms with E-state index in [1.165, 1.54) is 5.56 Å². The minimum Gasteiger partial charge on any atom is -0.273 e. The van der Waals surface area contributed by atoms with Crippen LogP contribution in [-0.2, 0) is 10.2 Å². The van der Waals surface area contributed by atoms with Crippen LogP contribution in [0.2, 0.25) is 0 Å². The van der Waals surface area contributed by atoms with Crippen molar-refractivity contribution in [1.29, 1.82) is 0 Å². The summed E-state index contributed by atoms with van der Waals surface area (Å²) < 4.78 is 0. The highest BCUT2D eigenvalue weighted by atomic mass is 16.2. The van der Waals surface area contributed by atoms with Gasteiger partial charge in [0.2, 0.25) is 5.91 Å². The van der Waals surface area contributed by atoms with Crippen LogP contribution < -0.4 is 5.43 Å². The number of amides is 1. The lowest BCUT2D eigenvalue weighted by molar-refractivity contribution is -0.122. The molecule has 3 heteroatoms. The molecule has 0 heterocycles. The Morgan fingerprint density at radius 3 is 2.59 bits per heavy atom. The van der Waals surface area contributed by atoms with Crippen molar-refractivity contribution in [3.63, 3.8) is 0 Å². The average molecular weight is 230 g/mol. The summed E-state index contributed by atoms with van der Waals surface area (Å²) in [6, 6.07) is 10.1. The molecule has 1 aliphatic rings. The van der Waals surface area contributed by atoms with Gasteiger partial charge in [-0.3, -0.25) is 4.79 Å². The normalized spacial score (nSPS) is 16.1. The Morgan fingerprint density at radius 1 is 1.35 bits per heavy atom. The lowest BCUT2D eigenvalue weighted by atomic mass is 9.86. The summed E-state index contributed by atoms with van der Waals surface area (Å²) in [6.07, 6.45) is 3.80. The largest absolute Gasteiger partial charge is 0.273 e. The Morgan fingerprint density at radius 2 is 2.00 bits per heavy atom.